The highest BCUT2D eigenvalue weighted by Gasteiger charge is 2.37. The van der Waals surface area contributed by atoms with E-state index in [9.17, 15) is 27.2 Å². The van der Waals surface area contributed by atoms with Crippen molar-refractivity contribution in [1.82, 2.24) is 5.32 Å². The maximum absolute atomic E-state index is 14.1. The van der Waals surface area contributed by atoms with E-state index in [2.05, 4.69) is 5.32 Å². The number of carbonyl (C=O) groups is 2. The van der Waals surface area contributed by atoms with Crippen LogP contribution in [0.2, 0.25) is 5.02 Å². The van der Waals surface area contributed by atoms with Gasteiger partial charge < -0.3 is 0 Å². The summed E-state index contributed by atoms with van der Waals surface area (Å²) in [4.78, 5) is 25.9. The van der Waals surface area contributed by atoms with Crippen LogP contribution in [0.4, 0.5) is 23.2 Å². The minimum Gasteiger partial charge on any atom is -0.298 e. The summed E-state index contributed by atoms with van der Waals surface area (Å²) in [7, 11) is 0. The van der Waals surface area contributed by atoms with Gasteiger partial charge >= 0.3 is 6.18 Å². The normalized spacial score (nSPS) is 16.5. The molecule has 0 spiro atoms. The molecule has 0 aliphatic carbocycles. The molecule has 0 atom stereocenters. The van der Waals surface area contributed by atoms with Crippen molar-refractivity contribution in [2.45, 2.75) is 6.18 Å². The molecule has 0 saturated carbocycles. The Labute approximate surface area is 166 Å². The van der Waals surface area contributed by atoms with Crippen molar-refractivity contribution >= 4 is 52.5 Å². The maximum Gasteiger partial charge on any atom is 0.417 e. The van der Waals surface area contributed by atoms with E-state index < -0.39 is 40.5 Å². The van der Waals surface area contributed by atoms with Crippen LogP contribution in [-0.2, 0) is 15.8 Å². The Hall–Kier alpha value is -2.78. The lowest BCUT2D eigenvalue weighted by molar-refractivity contribution is -0.138. The second-order valence-corrected chi connectivity index (χ2v) is 6.46. The third-order valence-corrected chi connectivity index (χ3v) is 4.37. The summed E-state index contributed by atoms with van der Waals surface area (Å²) in [5.74, 6) is -3.25. The zero-order chi connectivity index (χ0) is 20.6. The standard InChI is InChI=1S/C18H9ClF4N2O2S/c19-9-4-6-10(7-5-9)25-16(27)12(15(26)24-17(25)28)8-11-13(18(21,22)23)2-1-3-14(11)20/h1-8H,(H,24,26,28). The van der Waals surface area contributed by atoms with Gasteiger partial charge in [0.15, 0.2) is 5.11 Å². The Kier molecular flexibility index (Phi) is 5.22. The van der Waals surface area contributed by atoms with E-state index in [1.807, 2.05) is 0 Å². The molecule has 4 nitrogen and oxygen atoms in total. The van der Waals surface area contributed by atoms with Gasteiger partial charge in [-0.05, 0) is 54.7 Å². The molecule has 0 unspecified atom stereocenters. The summed E-state index contributed by atoms with van der Waals surface area (Å²) in [5.41, 5.74) is -2.70. The van der Waals surface area contributed by atoms with Gasteiger partial charge in [0.2, 0.25) is 0 Å². The molecule has 0 aromatic heterocycles. The average molecular weight is 429 g/mol. The third-order valence-electron chi connectivity index (χ3n) is 3.83. The van der Waals surface area contributed by atoms with Crippen molar-refractivity contribution in [3.05, 3.63) is 70.0 Å². The molecule has 1 aliphatic heterocycles. The Morgan fingerprint density at radius 2 is 1.71 bits per heavy atom. The summed E-state index contributed by atoms with van der Waals surface area (Å²) in [6.45, 7) is 0. The predicted molar refractivity (Wildman–Crippen MR) is 99.1 cm³/mol. The van der Waals surface area contributed by atoms with E-state index in [-0.39, 0.29) is 10.8 Å². The highest BCUT2D eigenvalue weighted by atomic mass is 35.5. The quantitative estimate of drug-likeness (QED) is 0.335. The lowest BCUT2D eigenvalue weighted by Crippen LogP contribution is -2.54. The first-order valence-corrected chi connectivity index (χ1v) is 8.41. The van der Waals surface area contributed by atoms with Gasteiger partial charge in [0.05, 0.1) is 11.3 Å². The van der Waals surface area contributed by atoms with Gasteiger partial charge in [0, 0.05) is 10.6 Å². The average Bonchev–Trinajstić information content (AvgIpc) is 2.60. The van der Waals surface area contributed by atoms with Crippen molar-refractivity contribution in [3.63, 3.8) is 0 Å². The minimum absolute atomic E-state index is 0.231. The monoisotopic (exact) mass is 428 g/mol. The first-order chi connectivity index (χ1) is 13.1. The maximum atomic E-state index is 14.1. The second kappa shape index (κ2) is 7.33. The zero-order valence-electron chi connectivity index (χ0n) is 13.7. The summed E-state index contributed by atoms with van der Waals surface area (Å²) in [6, 6.07) is 8.14. The molecule has 28 heavy (non-hydrogen) atoms. The number of rotatable bonds is 2. The van der Waals surface area contributed by atoms with E-state index in [4.69, 9.17) is 23.8 Å². The summed E-state index contributed by atoms with van der Waals surface area (Å²) in [5, 5.41) is 2.32. The smallest absolute Gasteiger partial charge is 0.298 e. The summed E-state index contributed by atoms with van der Waals surface area (Å²) >= 11 is 10.8. The van der Waals surface area contributed by atoms with Gasteiger partial charge in [-0.2, -0.15) is 13.2 Å². The Bertz CT molecular complexity index is 1020. The molecule has 1 N–H and O–H groups in total. The number of thiocarbonyl (C=S) groups is 1. The fourth-order valence-corrected chi connectivity index (χ4v) is 2.96. The molecule has 2 aromatic rings. The van der Waals surface area contributed by atoms with Gasteiger partial charge in [0.25, 0.3) is 11.8 Å². The van der Waals surface area contributed by atoms with Crippen molar-refractivity contribution in [3.8, 4) is 0 Å². The lowest BCUT2D eigenvalue weighted by Gasteiger charge is -2.29. The molecule has 2 amide bonds. The minimum atomic E-state index is -4.88. The number of benzene rings is 2. The van der Waals surface area contributed by atoms with Crippen molar-refractivity contribution in [2.75, 3.05) is 4.90 Å². The van der Waals surface area contributed by atoms with E-state index in [0.717, 1.165) is 17.0 Å². The number of carbonyl (C=O) groups excluding carboxylic acids is 2. The molecule has 3 rings (SSSR count). The molecule has 1 fully saturated rings. The van der Waals surface area contributed by atoms with E-state index >= 15 is 0 Å². The topological polar surface area (TPSA) is 49.4 Å². The van der Waals surface area contributed by atoms with Crippen LogP contribution in [0.5, 0.6) is 0 Å². The van der Waals surface area contributed by atoms with Crippen molar-refractivity contribution < 1.29 is 27.2 Å². The SMILES string of the molecule is O=C1NC(=S)N(c2ccc(Cl)cc2)C(=O)C1=Cc1c(F)cccc1C(F)(F)F. The lowest BCUT2D eigenvalue weighted by atomic mass is 10.0. The number of hydrogen-bond donors (Lipinski definition) is 1. The third kappa shape index (κ3) is 3.76. The van der Waals surface area contributed by atoms with Crippen LogP contribution in [-0.4, -0.2) is 16.9 Å². The molecule has 144 valence electrons. The second-order valence-electron chi connectivity index (χ2n) is 5.63. The Balaban J connectivity index is 2.12. The molecule has 2 aromatic carbocycles. The van der Waals surface area contributed by atoms with Crippen LogP contribution < -0.4 is 10.2 Å². The van der Waals surface area contributed by atoms with Gasteiger partial charge in [-0.15, -0.1) is 0 Å². The Morgan fingerprint density at radius 1 is 1.07 bits per heavy atom. The number of nitrogens with zero attached hydrogens (tertiary/aromatic N) is 1. The van der Waals surface area contributed by atoms with E-state index in [1.165, 1.54) is 24.3 Å². The van der Waals surface area contributed by atoms with Gasteiger partial charge in [-0.1, -0.05) is 17.7 Å². The summed E-state index contributed by atoms with van der Waals surface area (Å²) in [6.07, 6.45) is -4.31. The van der Waals surface area contributed by atoms with Crippen LogP contribution in [0.25, 0.3) is 6.08 Å². The molecule has 1 saturated heterocycles. The largest absolute Gasteiger partial charge is 0.417 e. The predicted octanol–water partition coefficient (Wildman–Crippen LogP) is 4.33. The van der Waals surface area contributed by atoms with Crippen LogP contribution in [0.3, 0.4) is 0 Å². The number of anilines is 1. The van der Waals surface area contributed by atoms with Gasteiger partial charge in [-0.3, -0.25) is 19.8 Å². The van der Waals surface area contributed by atoms with Gasteiger partial charge in [0.1, 0.15) is 11.4 Å². The molecule has 1 aliphatic rings. The van der Waals surface area contributed by atoms with Crippen LogP contribution in [0.15, 0.2) is 48.0 Å². The zero-order valence-corrected chi connectivity index (χ0v) is 15.3. The highest BCUT2D eigenvalue weighted by Crippen LogP contribution is 2.34. The number of amides is 2. The highest BCUT2D eigenvalue weighted by molar-refractivity contribution is 7.80. The molecular weight excluding hydrogens is 420 g/mol. The Morgan fingerprint density at radius 3 is 2.32 bits per heavy atom. The first kappa shape index (κ1) is 20.0. The van der Waals surface area contributed by atoms with Crippen LogP contribution >= 0.6 is 23.8 Å². The number of alkyl halides is 3. The van der Waals surface area contributed by atoms with Gasteiger partial charge in [-0.25, -0.2) is 4.39 Å². The van der Waals surface area contributed by atoms with Crippen molar-refractivity contribution in [1.29, 1.82) is 0 Å². The fraction of sp³-hybridized carbons (Fsp3) is 0.0556. The summed E-state index contributed by atoms with van der Waals surface area (Å²) < 4.78 is 53.7. The van der Waals surface area contributed by atoms with E-state index in [1.54, 1.807) is 0 Å². The molecule has 0 radical (unpaired) electrons. The van der Waals surface area contributed by atoms with Crippen LogP contribution in [0, 0.1) is 5.82 Å². The number of nitrogens with one attached hydrogen (secondary N) is 1. The number of hydrogen-bond acceptors (Lipinski definition) is 3. The molecular formula is C18H9ClF4N2O2S. The fourth-order valence-electron chi connectivity index (χ4n) is 2.56. The van der Waals surface area contributed by atoms with Crippen molar-refractivity contribution in [2.24, 2.45) is 0 Å². The van der Waals surface area contributed by atoms with Crippen LogP contribution in [0.1, 0.15) is 11.1 Å². The number of halogens is 5. The molecule has 10 heteroatoms. The molecule has 0 bridgehead atoms. The van der Waals surface area contributed by atoms with E-state index in [0.29, 0.717) is 17.2 Å². The molecule has 1 heterocycles. The first-order valence-electron chi connectivity index (χ1n) is 7.62.